The van der Waals surface area contributed by atoms with Gasteiger partial charge < -0.3 is 9.80 Å². The van der Waals surface area contributed by atoms with E-state index >= 15 is 0 Å². The third-order valence-corrected chi connectivity index (χ3v) is 15.4. The number of hydrogen-bond donors (Lipinski definition) is 0. The molecule has 2 aliphatic rings. The Labute approximate surface area is 411 Å². The first-order valence-corrected chi connectivity index (χ1v) is 24.6. The topological polar surface area (TPSA) is 6.48 Å². The Hall–Kier alpha value is -8.46. The van der Waals surface area contributed by atoms with Gasteiger partial charge in [0, 0.05) is 44.4 Å². The Balaban J connectivity index is 0.840. The molecule has 13 rings (SSSR count). The maximum atomic E-state index is 2.50. The monoisotopic (exact) mass is 896 g/mol. The molecule has 0 unspecified atom stereocenters. The van der Waals surface area contributed by atoms with Crippen molar-refractivity contribution in [2.24, 2.45) is 0 Å². The molecule has 0 aliphatic heterocycles. The second-order valence-electron chi connectivity index (χ2n) is 20.2. The van der Waals surface area contributed by atoms with E-state index in [2.05, 4.69) is 280 Å². The molecule has 334 valence electrons. The second-order valence-corrected chi connectivity index (χ2v) is 20.2. The van der Waals surface area contributed by atoms with Crippen LogP contribution in [0.2, 0.25) is 0 Å². The fourth-order valence-corrected chi connectivity index (χ4v) is 11.8. The molecule has 0 saturated carbocycles. The first-order valence-electron chi connectivity index (χ1n) is 24.6. The molecule has 0 spiro atoms. The lowest BCUT2D eigenvalue weighted by molar-refractivity contribution is 0.660. The first kappa shape index (κ1) is 41.7. The molecule has 0 bridgehead atoms. The standard InChI is InChI=1S/C68H52N2/c1-67(2)61-40-45(32-36-56(61)58-38-34-51(43-63(58)67)69(49-21-7-5-8-22-49)50-23-9-6-10-24-50)30-31-46-33-37-57-59-39-35-52(44-64(59)68(3,4)62(57)41-46)70(65-29-17-20-47-18-11-14-26-54(47)65)66-42-48-19-12-13-25-53(48)55-27-15-16-28-60(55)66/h5-44H,1-4H3. The molecule has 11 aromatic rings. The van der Waals surface area contributed by atoms with Crippen LogP contribution in [-0.2, 0) is 10.8 Å². The minimum absolute atomic E-state index is 0.170. The number of para-hydroxylation sites is 2. The average Bonchev–Trinajstić information content (AvgIpc) is 3.76. The predicted octanol–water partition coefficient (Wildman–Crippen LogP) is 18.9. The van der Waals surface area contributed by atoms with Gasteiger partial charge in [-0.15, -0.1) is 0 Å². The summed E-state index contributed by atoms with van der Waals surface area (Å²) < 4.78 is 0. The van der Waals surface area contributed by atoms with Crippen LogP contribution in [0.15, 0.2) is 231 Å². The van der Waals surface area contributed by atoms with Gasteiger partial charge in [0.15, 0.2) is 0 Å². The number of benzene rings is 11. The molecule has 0 radical (unpaired) electrons. The summed E-state index contributed by atoms with van der Waals surface area (Å²) in [5.41, 5.74) is 19.6. The van der Waals surface area contributed by atoms with Gasteiger partial charge in [0.1, 0.15) is 0 Å². The highest BCUT2D eigenvalue weighted by molar-refractivity contribution is 6.15. The van der Waals surface area contributed by atoms with Crippen molar-refractivity contribution in [2.75, 3.05) is 9.80 Å². The van der Waals surface area contributed by atoms with Crippen LogP contribution in [0.3, 0.4) is 0 Å². The Kier molecular flexibility index (Phi) is 9.58. The molecule has 0 amide bonds. The minimum Gasteiger partial charge on any atom is -0.310 e. The van der Waals surface area contributed by atoms with Gasteiger partial charge in [0.05, 0.1) is 11.4 Å². The lowest BCUT2D eigenvalue weighted by Crippen LogP contribution is -2.17. The molecular formula is C68H52N2. The smallest absolute Gasteiger partial charge is 0.0546 e. The summed E-state index contributed by atoms with van der Waals surface area (Å²) in [4.78, 5) is 4.86. The lowest BCUT2D eigenvalue weighted by Gasteiger charge is -2.30. The van der Waals surface area contributed by atoms with E-state index in [-0.39, 0.29) is 10.8 Å². The van der Waals surface area contributed by atoms with Crippen LogP contribution >= 0.6 is 0 Å². The summed E-state index contributed by atoms with van der Waals surface area (Å²) in [5, 5.41) is 7.43. The van der Waals surface area contributed by atoms with Crippen molar-refractivity contribution in [2.45, 2.75) is 38.5 Å². The van der Waals surface area contributed by atoms with E-state index in [0.717, 1.165) is 22.7 Å². The molecule has 2 nitrogen and oxygen atoms in total. The number of anilines is 6. The average molecular weight is 897 g/mol. The maximum absolute atomic E-state index is 2.50. The number of hydrogen-bond acceptors (Lipinski definition) is 2. The normalized spacial score (nSPS) is 13.9. The quantitative estimate of drug-likeness (QED) is 0.111. The van der Waals surface area contributed by atoms with Gasteiger partial charge in [-0.1, -0.05) is 210 Å². The van der Waals surface area contributed by atoms with E-state index in [1.165, 1.54) is 99.3 Å². The molecule has 70 heavy (non-hydrogen) atoms. The molecule has 2 aliphatic carbocycles. The summed E-state index contributed by atoms with van der Waals surface area (Å²) in [7, 11) is 0. The molecular weight excluding hydrogens is 845 g/mol. The number of rotatable bonds is 8. The van der Waals surface area contributed by atoms with Gasteiger partial charge in [0.2, 0.25) is 0 Å². The van der Waals surface area contributed by atoms with E-state index in [1.807, 2.05) is 0 Å². The summed E-state index contributed by atoms with van der Waals surface area (Å²) in [5.74, 6) is 0. The van der Waals surface area contributed by atoms with Crippen LogP contribution in [0.5, 0.6) is 0 Å². The Morgan fingerprint density at radius 2 is 0.714 bits per heavy atom. The fraction of sp³-hybridized carbons (Fsp3) is 0.0882. The highest BCUT2D eigenvalue weighted by Crippen LogP contribution is 2.54. The molecule has 0 fully saturated rings. The molecule has 0 heterocycles. The maximum Gasteiger partial charge on any atom is 0.0546 e. The van der Waals surface area contributed by atoms with Crippen molar-refractivity contribution in [3.63, 3.8) is 0 Å². The zero-order valence-corrected chi connectivity index (χ0v) is 40.0. The highest BCUT2D eigenvalue weighted by atomic mass is 15.1. The van der Waals surface area contributed by atoms with Crippen molar-refractivity contribution in [3.8, 4) is 22.3 Å². The number of nitrogens with zero attached hydrogens (tertiary/aromatic N) is 2. The van der Waals surface area contributed by atoms with E-state index in [1.54, 1.807) is 0 Å². The third-order valence-electron chi connectivity index (χ3n) is 15.4. The van der Waals surface area contributed by atoms with Crippen molar-refractivity contribution in [1.82, 2.24) is 0 Å². The summed E-state index contributed by atoms with van der Waals surface area (Å²) in [6, 6.07) is 85.1. The Bertz CT molecular complexity index is 3850. The molecule has 0 aromatic heterocycles. The molecule has 0 N–H and O–H groups in total. The molecule has 2 heteroatoms. The second kappa shape index (κ2) is 16.1. The highest BCUT2D eigenvalue weighted by Gasteiger charge is 2.38. The van der Waals surface area contributed by atoms with Crippen LogP contribution in [0, 0.1) is 0 Å². The van der Waals surface area contributed by atoms with Crippen molar-refractivity contribution >= 4 is 78.6 Å². The van der Waals surface area contributed by atoms with Gasteiger partial charge >= 0.3 is 0 Å². The van der Waals surface area contributed by atoms with Gasteiger partial charge in [-0.2, -0.15) is 0 Å². The third kappa shape index (κ3) is 6.62. The van der Waals surface area contributed by atoms with Crippen LogP contribution in [0.4, 0.5) is 34.1 Å². The predicted molar refractivity (Wildman–Crippen MR) is 299 cm³/mol. The largest absolute Gasteiger partial charge is 0.310 e. The zero-order chi connectivity index (χ0) is 47.1. The van der Waals surface area contributed by atoms with E-state index in [9.17, 15) is 0 Å². The number of fused-ring (bicyclic) bond motifs is 10. The van der Waals surface area contributed by atoms with E-state index < -0.39 is 0 Å². The van der Waals surface area contributed by atoms with Gasteiger partial charge in [-0.05, 0) is 138 Å². The zero-order valence-electron chi connectivity index (χ0n) is 40.0. The van der Waals surface area contributed by atoms with E-state index in [4.69, 9.17) is 0 Å². The van der Waals surface area contributed by atoms with Crippen LogP contribution < -0.4 is 9.80 Å². The Morgan fingerprint density at radius 1 is 0.286 bits per heavy atom. The summed E-state index contributed by atoms with van der Waals surface area (Å²) in [6.07, 6.45) is 4.59. The first-order chi connectivity index (χ1) is 34.2. The van der Waals surface area contributed by atoms with Gasteiger partial charge in [-0.25, -0.2) is 0 Å². The summed E-state index contributed by atoms with van der Waals surface area (Å²) >= 11 is 0. The van der Waals surface area contributed by atoms with Crippen molar-refractivity contribution in [1.29, 1.82) is 0 Å². The van der Waals surface area contributed by atoms with Gasteiger partial charge in [0.25, 0.3) is 0 Å². The molecule has 0 saturated heterocycles. The van der Waals surface area contributed by atoms with Gasteiger partial charge in [-0.3, -0.25) is 0 Å². The SMILES string of the molecule is CC1(C)c2cc(C=Cc3ccc4c(c3)C(C)(C)c3cc(N(c5cccc6ccccc56)c5cc6ccccc6c6ccccc56)ccc3-4)ccc2-c2ccc(N(c3ccccc3)c3ccccc3)cc21. The van der Waals surface area contributed by atoms with Crippen LogP contribution in [-0.4, -0.2) is 0 Å². The van der Waals surface area contributed by atoms with E-state index in [0.29, 0.717) is 0 Å². The molecule has 11 aromatic carbocycles. The minimum atomic E-state index is -0.223. The lowest BCUT2D eigenvalue weighted by atomic mass is 9.81. The summed E-state index contributed by atoms with van der Waals surface area (Å²) in [6.45, 7) is 9.54. The van der Waals surface area contributed by atoms with Crippen LogP contribution in [0.1, 0.15) is 61.1 Å². The molecule has 0 atom stereocenters. The fourth-order valence-electron chi connectivity index (χ4n) is 11.8. The van der Waals surface area contributed by atoms with Crippen molar-refractivity contribution < 1.29 is 0 Å². The van der Waals surface area contributed by atoms with Crippen molar-refractivity contribution in [3.05, 3.63) is 264 Å². The van der Waals surface area contributed by atoms with Crippen LogP contribution in [0.25, 0.3) is 66.7 Å². The Morgan fingerprint density at radius 3 is 1.29 bits per heavy atom.